The molecule has 3 heteroatoms. The van der Waals surface area contributed by atoms with Crippen LogP contribution in [-0.4, -0.2) is 12.2 Å². The summed E-state index contributed by atoms with van der Waals surface area (Å²) >= 11 is 0. The van der Waals surface area contributed by atoms with Crippen LogP contribution in [-0.2, 0) is 12.0 Å². The molecule has 0 aliphatic rings. The molecular formula is C9H16N2O. The van der Waals surface area contributed by atoms with E-state index in [0.717, 1.165) is 18.0 Å². The molecule has 0 atom stereocenters. The molecule has 1 N–H and O–H groups in total. The first kappa shape index (κ1) is 9.26. The van der Waals surface area contributed by atoms with Crippen LogP contribution in [0.5, 0.6) is 0 Å². The predicted molar refractivity (Wildman–Crippen MR) is 48.0 cm³/mol. The fourth-order valence-corrected chi connectivity index (χ4v) is 0.924. The largest absolute Gasteiger partial charge is 0.360 e. The smallest absolute Gasteiger partial charge is 0.150 e. The Hall–Kier alpha value is -0.830. The van der Waals surface area contributed by atoms with Crippen LogP contribution >= 0.6 is 0 Å². The van der Waals surface area contributed by atoms with E-state index in [9.17, 15) is 0 Å². The molecule has 0 aliphatic carbocycles. The van der Waals surface area contributed by atoms with Gasteiger partial charge in [-0.1, -0.05) is 25.9 Å². The van der Waals surface area contributed by atoms with Gasteiger partial charge in [0, 0.05) is 11.5 Å². The highest BCUT2D eigenvalue weighted by Crippen LogP contribution is 2.21. The Morgan fingerprint density at radius 1 is 1.50 bits per heavy atom. The Labute approximate surface area is 73.1 Å². The van der Waals surface area contributed by atoms with Crippen molar-refractivity contribution in [3.8, 4) is 0 Å². The second-order valence-electron chi connectivity index (χ2n) is 3.96. The van der Waals surface area contributed by atoms with Crippen LogP contribution in [0.15, 0.2) is 10.6 Å². The van der Waals surface area contributed by atoms with E-state index in [0.29, 0.717) is 0 Å². The molecule has 0 amide bonds. The van der Waals surface area contributed by atoms with Gasteiger partial charge in [0.15, 0.2) is 5.76 Å². The normalized spacial score (nSPS) is 12.0. The van der Waals surface area contributed by atoms with Gasteiger partial charge in [-0.15, -0.1) is 0 Å². The summed E-state index contributed by atoms with van der Waals surface area (Å²) < 4.78 is 5.12. The summed E-state index contributed by atoms with van der Waals surface area (Å²) in [4.78, 5) is 0. The molecule has 0 aromatic carbocycles. The maximum absolute atomic E-state index is 5.12. The highest BCUT2D eigenvalue weighted by molar-refractivity contribution is 5.13. The van der Waals surface area contributed by atoms with Gasteiger partial charge < -0.3 is 9.84 Å². The van der Waals surface area contributed by atoms with E-state index in [1.165, 1.54) is 0 Å². The van der Waals surface area contributed by atoms with Crippen LogP contribution in [0.1, 0.15) is 32.2 Å². The zero-order valence-corrected chi connectivity index (χ0v) is 8.14. The molecule has 1 heterocycles. The molecule has 0 aliphatic heterocycles. The quantitative estimate of drug-likeness (QED) is 0.730. The zero-order chi connectivity index (χ0) is 9.19. The van der Waals surface area contributed by atoms with Crippen molar-refractivity contribution >= 4 is 0 Å². The van der Waals surface area contributed by atoms with Crippen LogP contribution in [0.25, 0.3) is 0 Å². The van der Waals surface area contributed by atoms with Gasteiger partial charge in [-0.05, 0) is 7.05 Å². The van der Waals surface area contributed by atoms with Gasteiger partial charge in [-0.2, -0.15) is 0 Å². The second kappa shape index (κ2) is 3.27. The average molecular weight is 168 g/mol. The van der Waals surface area contributed by atoms with Crippen molar-refractivity contribution < 1.29 is 4.52 Å². The van der Waals surface area contributed by atoms with Crippen molar-refractivity contribution in [2.75, 3.05) is 7.05 Å². The Morgan fingerprint density at radius 2 is 2.17 bits per heavy atom. The molecule has 0 radical (unpaired) electrons. The monoisotopic (exact) mass is 168 g/mol. The maximum Gasteiger partial charge on any atom is 0.150 e. The topological polar surface area (TPSA) is 38.1 Å². The number of aromatic nitrogens is 1. The van der Waals surface area contributed by atoms with Crippen molar-refractivity contribution in [3.63, 3.8) is 0 Å². The minimum absolute atomic E-state index is 0.0789. The average Bonchev–Trinajstić information content (AvgIpc) is 2.35. The lowest BCUT2D eigenvalue weighted by molar-refractivity contribution is 0.360. The van der Waals surface area contributed by atoms with E-state index in [1.807, 2.05) is 13.1 Å². The fraction of sp³-hybridized carbons (Fsp3) is 0.667. The Kier molecular flexibility index (Phi) is 2.52. The molecule has 68 valence electrons. The fourth-order valence-electron chi connectivity index (χ4n) is 0.924. The first-order valence-electron chi connectivity index (χ1n) is 4.14. The molecular weight excluding hydrogens is 152 g/mol. The van der Waals surface area contributed by atoms with E-state index in [-0.39, 0.29) is 5.41 Å². The molecule has 3 nitrogen and oxygen atoms in total. The van der Waals surface area contributed by atoms with Crippen molar-refractivity contribution in [2.24, 2.45) is 0 Å². The zero-order valence-electron chi connectivity index (χ0n) is 8.14. The number of nitrogens with one attached hydrogen (secondary N) is 1. The van der Waals surface area contributed by atoms with Gasteiger partial charge in [0.25, 0.3) is 0 Å². The van der Waals surface area contributed by atoms with Crippen LogP contribution in [0.2, 0.25) is 0 Å². The standard InChI is InChI=1S/C9H16N2O/c1-9(2,3)8-5-7(6-10-4)12-11-8/h5,10H,6H2,1-4H3. The predicted octanol–water partition coefficient (Wildman–Crippen LogP) is 1.69. The molecule has 1 aromatic heterocycles. The van der Waals surface area contributed by atoms with Crippen LogP contribution < -0.4 is 5.32 Å². The number of hydrogen-bond donors (Lipinski definition) is 1. The highest BCUT2D eigenvalue weighted by Gasteiger charge is 2.18. The van der Waals surface area contributed by atoms with Gasteiger partial charge in [-0.3, -0.25) is 0 Å². The second-order valence-corrected chi connectivity index (χ2v) is 3.96. The summed E-state index contributed by atoms with van der Waals surface area (Å²) in [6.07, 6.45) is 0. The third kappa shape index (κ3) is 2.08. The minimum atomic E-state index is 0.0789. The SMILES string of the molecule is CNCc1cc(C(C)(C)C)no1. The summed E-state index contributed by atoms with van der Waals surface area (Å²) in [7, 11) is 1.89. The van der Waals surface area contributed by atoms with E-state index >= 15 is 0 Å². The van der Waals surface area contributed by atoms with E-state index in [2.05, 4.69) is 31.2 Å². The highest BCUT2D eigenvalue weighted by atomic mass is 16.5. The lowest BCUT2D eigenvalue weighted by Gasteiger charge is -2.12. The number of rotatable bonds is 2. The number of nitrogens with zero attached hydrogens (tertiary/aromatic N) is 1. The van der Waals surface area contributed by atoms with Gasteiger partial charge in [0.05, 0.1) is 12.2 Å². The first-order valence-corrected chi connectivity index (χ1v) is 4.14. The summed E-state index contributed by atoms with van der Waals surface area (Å²) in [5.74, 6) is 0.891. The minimum Gasteiger partial charge on any atom is -0.360 e. The van der Waals surface area contributed by atoms with Crippen molar-refractivity contribution in [3.05, 3.63) is 17.5 Å². The van der Waals surface area contributed by atoms with Crippen molar-refractivity contribution in [2.45, 2.75) is 32.7 Å². The summed E-state index contributed by atoms with van der Waals surface area (Å²) in [6.45, 7) is 7.10. The molecule has 0 unspecified atom stereocenters. The molecule has 0 spiro atoms. The van der Waals surface area contributed by atoms with Crippen LogP contribution in [0, 0.1) is 0 Å². The van der Waals surface area contributed by atoms with E-state index in [4.69, 9.17) is 4.52 Å². The summed E-state index contributed by atoms with van der Waals surface area (Å²) in [6, 6.07) is 2.00. The maximum atomic E-state index is 5.12. The summed E-state index contributed by atoms with van der Waals surface area (Å²) in [5.41, 5.74) is 1.09. The molecule has 0 saturated heterocycles. The van der Waals surface area contributed by atoms with Crippen molar-refractivity contribution in [1.82, 2.24) is 10.5 Å². The number of hydrogen-bond acceptors (Lipinski definition) is 3. The Morgan fingerprint density at radius 3 is 2.58 bits per heavy atom. The lowest BCUT2D eigenvalue weighted by atomic mass is 9.92. The molecule has 1 aromatic rings. The lowest BCUT2D eigenvalue weighted by Crippen LogP contribution is -2.11. The van der Waals surface area contributed by atoms with E-state index in [1.54, 1.807) is 0 Å². The molecule has 0 bridgehead atoms. The molecule has 0 saturated carbocycles. The third-order valence-electron chi connectivity index (χ3n) is 1.68. The van der Waals surface area contributed by atoms with Gasteiger partial charge in [0.2, 0.25) is 0 Å². The van der Waals surface area contributed by atoms with Crippen molar-refractivity contribution in [1.29, 1.82) is 0 Å². The summed E-state index contributed by atoms with van der Waals surface area (Å²) in [5, 5.41) is 7.01. The van der Waals surface area contributed by atoms with E-state index < -0.39 is 0 Å². The Balaban J connectivity index is 2.77. The Bertz CT molecular complexity index is 247. The molecule has 12 heavy (non-hydrogen) atoms. The van der Waals surface area contributed by atoms with Gasteiger partial charge >= 0.3 is 0 Å². The van der Waals surface area contributed by atoms with Crippen LogP contribution in [0.4, 0.5) is 0 Å². The third-order valence-corrected chi connectivity index (χ3v) is 1.68. The van der Waals surface area contributed by atoms with Gasteiger partial charge in [-0.25, -0.2) is 0 Å². The molecule has 1 rings (SSSR count). The van der Waals surface area contributed by atoms with Gasteiger partial charge in [0.1, 0.15) is 0 Å². The first-order chi connectivity index (χ1) is 5.54. The van der Waals surface area contributed by atoms with Crippen LogP contribution in [0.3, 0.4) is 0 Å². The molecule has 0 fully saturated rings.